The summed E-state index contributed by atoms with van der Waals surface area (Å²) < 4.78 is 0. The molecule has 0 spiro atoms. The summed E-state index contributed by atoms with van der Waals surface area (Å²) >= 11 is 6.31. The van der Waals surface area contributed by atoms with Gasteiger partial charge >= 0.3 is 0 Å². The standard InChI is InChI=1S/C14H17ClN2O/c1-8(2)9-5-10-12-7-16-3-4-17(12)14(18)13(10)11(15)6-9/h5-6,8,12,16H,3-4,7H2,1-2H3. The van der Waals surface area contributed by atoms with Gasteiger partial charge in [-0.25, -0.2) is 0 Å². The maximum absolute atomic E-state index is 12.3. The first-order valence-electron chi connectivity index (χ1n) is 6.44. The highest BCUT2D eigenvalue weighted by molar-refractivity contribution is 6.34. The number of nitrogens with zero attached hydrogens (tertiary/aromatic N) is 1. The minimum atomic E-state index is 0.0943. The Kier molecular flexibility index (Phi) is 2.83. The molecule has 1 aromatic carbocycles. The maximum Gasteiger partial charge on any atom is 0.256 e. The van der Waals surface area contributed by atoms with Crippen molar-refractivity contribution in [2.75, 3.05) is 19.6 Å². The monoisotopic (exact) mass is 264 g/mol. The average molecular weight is 265 g/mol. The molecule has 2 aliphatic rings. The molecule has 2 aliphatic heterocycles. The van der Waals surface area contributed by atoms with Gasteiger partial charge in [0.25, 0.3) is 5.91 Å². The van der Waals surface area contributed by atoms with Crippen LogP contribution in [0.3, 0.4) is 0 Å². The van der Waals surface area contributed by atoms with E-state index in [1.54, 1.807) is 0 Å². The molecule has 1 amide bonds. The third-order valence-corrected chi connectivity index (χ3v) is 4.18. The van der Waals surface area contributed by atoms with E-state index >= 15 is 0 Å². The van der Waals surface area contributed by atoms with Gasteiger partial charge in [-0.3, -0.25) is 4.79 Å². The van der Waals surface area contributed by atoms with Gasteiger partial charge in [0.2, 0.25) is 0 Å². The Morgan fingerprint density at radius 1 is 1.44 bits per heavy atom. The molecule has 1 fully saturated rings. The van der Waals surface area contributed by atoms with E-state index in [0.29, 0.717) is 10.9 Å². The van der Waals surface area contributed by atoms with Crippen LogP contribution in [-0.2, 0) is 0 Å². The third-order valence-electron chi connectivity index (χ3n) is 3.89. The van der Waals surface area contributed by atoms with Crippen LogP contribution in [0.2, 0.25) is 5.02 Å². The molecule has 18 heavy (non-hydrogen) atoms. The number of benzene rings is 1. The first-order chi connectivity index (χ1) is 8.59. The highest BCUT2D eigenvalue weighted by atomic mass is 35.5. The molecule has 1 atom stereocenters. The Labute approximate surface area is 112 Å². The van der Waals surface area contributed by atoms with E-state index in [9.17, 15) is 4.79 Å². The number of fused-ring (bicyclic) bond motifs is 3. The summed E-state index contributed by atoms with van der Waals surface area (Å²) in [5.74, 6) is 0.519. The number of hydrogen-bond acceptors (Lipinski definition) is 2. The van der Waals surface area contributed by atoms with Crippen molar-refractivity contribution < 1.29 is 4.79 Å². The van der Waals surface area contributed by atoms with Crippen LogP contribution >= 0.6 is 11.6 Å². The zero-order valence-electron chi connectivity index (χ0n) is 10.7. The summed E-state index contributed by atoms with van der Waals surface area (Å²) in [6, 6.07) is 4.26. The molecular weight excluding hydrogens is 248 g/mol. The number of carbonyl (C=O) groups is 1. The van der Waals surface area contributed by atoms with Crippen LogP contribution in [-0.4, -0.2) is 30.4 Å². The molecule has 96 valence electrons. The fourth-order valence-corrected chi connectivity index (χ4v) is 3.16. The molecule has 1 saturated heterocycles. The number of carbonyl (C=O) groups excluding carboxylic acids is 1. The Balaban J connectivity index is 2.14. The van der Waals surface area contributed by atoms with Gasteiger partial charge in [-0.2, -0.15) is 0 Å². The number of nitrogens with one attached hydrogen (secondary N) is 1. The zero-order valence-corrected chi connectivity index (χ0v) is 11.4. The molecule has 0 aliphatic carbocycles. The SMILES string of the molecule is CC(C)c1cc(Cl)c2c(c1)C1CNCCN1C2=O. The van der Waals surface area contributed by atoms with Crippen molar-refractivity contribution in [3.63, 3.8) is 0 Å². The van der Waals surface area contributed by atoms with Crippen LogP contribution < -0.4 is 5.32 Å². The van der Waals surface area contributed by atoms with Crippen molar-refractivity contribution in [3.8, 4) is 0 Å². The quantitative estimate of drug-likeness (QED) is 0.846. The minimum absolute atomic E-state index is 0.0943. The van der Waals surface area contributed by atoms with Crippen molar-refractivity contribution in [3.05, 3.63) is 33.8 Å². The van der Waals surface area contributed by atoms with Crippen LogP contribution in [0.1, 0.15) is 47.3 Å². The largest absolute Gasteiger partial charge is 0.329 e. The zero-order chi connectivity index (χ0) is 12.9. The Morgan fingerprint density at radius 2 is 2.22 bits per heavy atom. The van der Waals surface area contributed by atoms with Gasteiger partial charge in [0.1, 0.15) is 0 Å². The molecule has 1 aromatic rings. The molecular formula is C14H17ClN2O. The predicted molar refractivity (Wildman–Crippen MR) is 72.2 cm³/mol. The van der Waals surface area contributed by atoms with E-state index in [1.165, 1.54) is 5.56 Å². The molecule has 0 aromatic heterocycles. The second kappa shape index (κ2) is 4.25. The third kappa shape index (κ3) is 1.65. The number of rotatable bonds is 1. The molecule has 2 heterocycles. The lowest BCUT2D eigenvalue weighted by atomic mass is 9.95. The molecule has 1 unspecified atom stereocenters. The fraction of sp³-hybridized carbons (Fsp3) is 0.500. The molecule has 3 nitrogen and oxygen atoms in total. The van der Waals surface area contributed by atoms with Crippen molar-refractivity contribution in [2.24, 2.45) is 0 Å². The lowest BCUT2D eigenvalue weighted by Gasteiger charge is -2.30. The molecule has 1 N–H and O–H groups in total. The number of hydrogen-bond donors (Lipinski definition) is 1. The van der Waals surface area contributed by atoms with Crippen LogP contribution in [0.5, 0.6) is 0 Å². The van der Waals surface area contributed by atoms with Crippen LogP contribution in [0.4, 0.5) is 0 Å². The maximum atomic E-state index is 12.3. The summed E-state index contributed by atoms with van der Waals surface area (Å²) in [4.78, 5) is 14.3. The normalized spacial score (nSPS) is 22.3. The Bertz CT molecular complexity index is 513. The van der Waals surface area contributed by atoms with E-state index in [4.69, 9.17) is 11.6 Å². The summed E-state index contributed by atoms with van der Waals surface area (Å²) in [6.07, 6.45) is 0. The van der Waals surface area contributed by atoms with Crippen molar-refractivity contribution >= 4 is 17.5 Å². The average Bonchev–Trinajstić information content (AvgIpc) is 2.64. The summed E-state index contributed by atoms with van der Waals surface area (Å²) in [5, 5.41) is 3.96. The van der Waals surface area contributed by atoms with E-state index < -0.39 is 0 Å². The minimum Gasteiger partial charge on any atom is -0.329 e. The van der Waals surface area contributed by atoms with E-state index in [0.717, 1.165) is 30.8 Å². The van der Waals surface area contributed by atoms with Gasteiger partial charge in [0.15, 0.2) is 0 Å². The van der Waals surface area contributed by atoms with Crippen molar-refractivity contribution in [1.82, 2.24) is 10.2 Å². The van der Waals surface area contributed by atoms with Crippen LogP contribution in [0.15, 0.2) is 12.1 Å². The van der Waals surface area contributed by atoms with E-state index in [1.807, 2.05) is 11.0 Å². The molecule has 0 saturated carbocycles. The second-order valence-corrected chi connectivity index (χ2v) is 5.75. The smallest absolute Gasteiger partial charge is 0.256 e. The first-order valence-corrected chi connectivity index (χ1v) is 6.82. The van der Waals surface area contributed by atoms with Gasteiger partial charge in [0.05, 0.1) is 16.6 Å². The highest BCUT2D eigenvalue weighted by Gasteiger charge is 2.39. The summed E-state index contributed by atoms with van der Waals surface area (Å²) in [5.41, 5.74) is 3.03. The lowest BCUT2D eigenvalue weighted by Crippen LogP contribution is -2.44. The fourth-order valence-electron chi connectivity index (χ4n) is 2.84. The lowest BCUT2D eigenvalue weighted by molar-refractivity contribution is 0.0691. The molecule has 0 bridgehead atoms. The predicted octanol–water partition coefficient (Wildman–Crippen LogP) is 2.56. The summed E-state index contributed by atoms with van der Waals surface area (Å²) in [7, 11) is 0. The van der Waals surface area contributed by atoms with Gasteiger partial charge in [-0.1, -0.05) is 31.5 Å². The number of piperazine rings is 1. The first kappa shape index (κ1) is 12.0. The van der Waals surface area contributed by atoms with Crippen LogP contribution in [0, 0.1) is 0 Å². The molecule has 3 rings (SSSR count). The van der Waals surface area contributed by atoms with Crippen molar-refractivity contribution in [2.45, 2.75) is 25.8 Å². The van der Waals surface area contributed by atoms with Crippen LogP contribution in [0.25, 0.3) is 0 Å². The van der Waals surface area contributed by atoms with Gasteiger partial charge in [-0.15, -0.1) is 0 Å². The molecule has 0 radical (unpaired) electrons. The Morgan fingerprint density at radius 3 is 2.94 bits per heavy atom. The topological polar surface area (TPSA) is 32.3 Å². The van der Waals surface area contributed by atoms with E-state index in [-0.39, 0.29) is 11.9 Å². The molecule has 4 heteroatoms. The second-order valence-electron chi connectivity index (χ2n) is 5.34. The highest BCUT2D eigenvalue weighted by Crippen LogP contribution is 2.39. The summed E-state index contributed by atoms with van der Waals surface area (Å²) in [6.45, 7) is 6.75. The number of amides is 1. The van der Waals surface area contributed by atoms with E-state index in [2.05, 4.69) is 25.2 Å². The van der Waals surface area contributed by atoms with Gasteiger partial charge < -0.3 is 10.2 Å². The van der Waals surface area contributed by atoms with Gasteiger partial charge in [0, 0.05) is 19.6 Å². The number of halogens is 1. The van der Waals surface area contributed by atoms with Gasteiger partial charge in [-0.05, 0) is 23.1 Å². The Hall–Kier alpha value is -1.06. The van der Waals surface area contributed by atoms with Crippen molar-refractivity contribution in [1.29, 1.82) is 0 Å².